The molecule has 0 radical (unpaired) electrons. The van der Waals surface area contributed by atoms with Crippen molar-refractivity contribution in [2.24, 2.45) is 0 Å². The monoisotopic (exact) mass is 603 g/mol. The number of rotatable bonds is 9. The molecule has 0 spiro atoms. The summed E-state index contributed by atoms with van der Waals surface area (Å²) in [6, 6.07) is 17.5. The Hall–Kier alpha value is -4.00. The average molecular weight is 604 g/mol. The summed E-state index contributed by atoms with van der Waals surface area (Å²) in [5.41, 5.74) is 3.50. The largest absolute Gasteiger partial charge is 0.512 e. The van der Waals surface area contributed by atoms with E-state index in [1.807, 2.05) is 54.6 Å². The summed E-state index contributed by atoms with van der Waals surface area (Å²) in [7, 11) is 0. The number of carboxylic acid groups (broad SMARTS) is 1. The van der Waals surface area contributed by atoms with Gasteiger partial charge in [-0.05, 0) is 66.5 Å². The van der Waals surface area contributed by atoms with Crippen molar-refractivity contribution < 1.29 is 19.4 Å². The molecule has 0 saturated carbocycles. The summed E-state index contributed by atoms with van der Waals surface area (Å²) >= 11 is 4.62. The molecule has 0 atom stereocenters. The second-order valence-corrected chi connectivity index (χ2v) is 12.5. The van der Waals surface area contributed by atoms with Gasteiger partial charge in [0.25, 0.3) is 5.91 Å². The first-order valence-corrected chi connectivity index (χ1v) is 15.6. The van der Waals surface area contributed by atoms with Gasteiger partial charge in [0, 0.05) is 35.9 Å². The third-order valence-electron chi connectivity index (χ3n) is 6.60. The number of nitrogens with one attached hydrogen (secondary N) is 1. The Kier molecular flexibility index (Phi) is 8.12. The molecule has 0 bridgehead atoms. The molecule has 1 aliphatic rings. The quantitative estimate of drug-likeness (QED) is 0.107. The molecular formula is C29H25N5O4S3. The van der Waals surface area contributed by atoms with E-state index in [-0.39, 0.29) is 11.8 Å². The molecule has 6 rings (SSSR count). The molecule has 5 aromatic rings. The van der Waals surface area contributed by atoms with Crippen LogP contribution in [0.3, 0.4) is 0 Å². The van der Waals surface area contributed by atoms with E-state index in [0.29, 0.717) is 35.3 Å². The topological polar surface area (TPSA) is 118 Å². The van der Waals surface area contributed by atoms with Crippen LogP contribution in [-0.4, -0.2) is 44.4 Å². The Morgan fingerprint density at radius 1 is 1.05 bits per heavy atom. The summed E-state index contributed by atoms with van der Waals surface area (Å²) in [5, 5.41) is 13.5. The molecule has 2 N–H and O–H groups in total. The lowest BCUT2D eigenvalue weighted by Gasteiger charge is -2.29. The number of pyridine rings is 1. The summed E-state index contributed by atoms with van der Waals surface area (Å²) in [4.78, 5) is 41.9. The molecule has 0 aliphatic carbocycles. The number of anilines is 2. The number of fused-ring (bicyclic) bond motifs is 2. The summed E-state index contributed by atoms with van der Waals surface area (Å²) in [5.74, 6) is 0.803. The Morgan fingerprint density at radius 3 is 2.73 bits per heavy atom. The maximum absolute atomic E-state index is 13.4. The number of para-hydroxylation sites is 1. The minimum absolute atomic E-state index is 0.138. The van der Waals surface area contributed by atoms with Crippen molar-refractivity contribution in [1.82, 2.24) is 15.0 Å². The number of aromatic nitrogens is 3. The van der Waals surface area contributed by atoms with Gasteiger partial charge >= 0.3 is 6.16 Å². The maximum Gasteiger partial charge on any atom is 0.512 e. The highest BCUT2D eigenvalue weighted by Crippen LogP contribution is 2.36. The van der Waals surface area contributed by atoms with Crippen LogP contribution in [-0.2, 0) is 19.4 Å². The molecule has 9 nitrogen and oxygen atoms in total. The molecule has 208 valence electrons. The van der Waals surface area contributed by atoms with Gasteiger partial charge in [0.2, 0.25) is 5.88 Å². The van der Waals surface area contributed by atoms with Gasteiger partial charge in [0.05, 0.1) is 15.1 Å². The molecule has 0 saturated heterocycles. The molecule has 3 aromatic heterocycles. The van der Waals surface area contributed by atoms with Gasteiger partial charge in [-0.15, -0.1) is 11.8 Å². The van der Waals surface area contributed by atoms with Crippen LogP contribution in [0.1, 0.15) is 32.8 Å². The summed E-state index contributed by atoms with van der Waals surface area (Å²) < 4.78 is 6.07. The number of ether oxygens (including phenoxy) is 1. The predicted octanol–water partition coefficient (Wildman–Crippen LogP) is 6.74. The fraction of sp³-hybridized carbons (Fsp3) is 0.207. The summed E-state index contributed by atoms with van der Waals surface area (Å²) in [6.07, 6.45) is 4.38. The number of thioether (sulfide) groups is 1. The molecule has 1 amide bonds. The van der Waals surface area contributed by atoms with Gasteiger partial charge < -0.3 is 14.7 Å². The number of hydrogen-bond donors (Lipinski definition) is 2. The molecule has 2 aromatic carbocycles. The van der Waals surface area contributed by atoms with Crippen LogP contribution in [0.25, 0.3) is 10.2 Å². The normalized spacial score (nSPS) is 12.7. The number of hydrogen-bond acceptors (Lipinski definition) is 10. The Balaban J connectivity index is 1.17. The van der Waals surface area contributed by atoms with Crippen molar-refractivity contribution in [2.45, 2.75) is 30.7 Å². The van der Waals surface area contributed by atoms with E-state index < -0.39 is 6.16 Å². The van der Waals surface area contributed by atoms with Crippen LogP contribution >= 0.6 is 34.4 Å². The van der Waals surface area contributed by atoms with E-state index in [1.54, 1.807) is 24.2 Å². The van der Waals surface area contributed by atoms with Gasteiger partial charge in [-0.25, -0.2) is 9.78 Å². The van der Waals surface area contributed by atoms with Crippen LogP contribution < -0.4 is 15.0 Å². The number of amides is 1. The first-order valence-electron chi connectivity index (χ1n) is 13.0. The molecule has 4 heterocycles. The lowest BCUT2D eigenvalue weighted by atomic mass is 9.94. The van der Waals surface area contributed by atoms with E-state index >= 15 is 0 Å². The van der Waals surface area contributed by atoms with Crippen LogP contribution in [0.2, 0.25) is 0 Å². The second kappa shape index (κ2) is 12.2. The van der Waals surface area contributed by atoms with Crippen molar-refractivity contribution in [1.29, 1.82) is 0 Å². The van der Waals surface area contributed by atoms with Crippen molar-refractivity contribution in [3.05, 3.63) is 88.6 Å². The number of carbonyl (C=O) groups excluding carboxylic acids is 1. The van der Waals surface area contributed by atoms with E-state index in [9.17, 15) is 14.7 Å². The highest BCUT2D eigenvalue weighted by atomic mass is 32.2. The number of aryl methyl sites for hydroxylation is 1. The highest BCUT2D eigenvalue weighted by Gasteiger charge is 2.26. The average Bonchev–Trinajstić information content (AvgIpc) is 3.58. The molecule has 0 unspecified atom stereocenters. The van der Waals surface area contributed by atoms with Crippen molar-refractivity contribution in [2.75, 3.05) is 22.5 Å². The van der Waals surface area contributed by atoms with Crippen LogP contribution in [0, 0.1) is 0 Å². The van der Waals surface area contributed by atoms with Crippen molar-refractivity contribution in [3.63, 3.8) is 0 Å². The Morgan fingerprint density at radius 2 is 1.90 bits per heavy atom. The fourth-order valence-corrected chi connectivity index (χ4v) is 7.44. The first kappa shape index (κ1) is 27.2. The SMILES string of the molecule is O=C(O)Oc1nc(N2CCc3cccc(C(=O)Nc4nc5ccccc5s4)c3C2)sc1CCCSc1ccncc1. The van der Waals surface area contributed by atoms with Crippen LogP contribution in [0.15, 0.2) is 71.9 Å². The van der Waals surface area contributed by atoms with Gasteiger partial charge in [0.15, 0.2) is 10.3 Å². The molecular weight excluding hydrogens is 579 g/mol. The van der Waals surface area contributed by atoms with E-state index in [4.69, 9.17) is 4.74 Å². The van der Waals surface area contributed by atoms with Crippen molar-refractivity contribution >= 4 is 67.0 Å². The zero-order chi connectivity index (χ0) is 28.2. The smallest absolute Gasteiger partial charge is 0.449 e. The third kappa shape index (κ3) is 6.34. The van der Waals surface area contributed by atoms with Crippen LogP contribution in [0.5, 0.6) is 5.88 Å². The molecule has 12 heteroatoms. The zero-order valence-electron chi connectivity index (χ0n) is 21.8. The number of carbonyl (C=O) groups is 2. The second-order valence-electron chi connectivity index (χ2n) is 9.28. The molecule has 41 heavy (non-hydrogen) atoms. The first-order chi connectivity index (χ1) is 20.0. The van der Waals surface area contributed by atoms with Crippen LogP contribution in [0.4, 0.5) is 15.1 Å². The third-order valence-corrected chi connectivity index (χ3v) is 9.81. The molecule has 0 fully saturated rings. The zero-order valence-corrected chi connectivity index (χ0v) is 24.2. The number of nitrogens with zero attached hydrogens (tertiary/aromatic N) is 4. The van der Waals surface area contributed by atoms with Gasteiger partial charge in [-0.2, -0.15) is 4.98 Å². The minimum Gasteiger partial charge on any atom is -0.449 e. The minimum atomic E-state index is -1.38. The van der Waals surface area contributed by atoms with Gasteiger partial charge in [-0.1, -0.05) is 46.9 Å². The fourth-order valence-electron chi connectivity index (χ4n) is 4.69. The lowest BCUT2D eigenvalue weighted by molar-refractivity contribution is 0.102. The summed E-state index contributed by atoms with van der Waals surface area (Å²) in [6.45, 7) is 1.18. The predicted molar refractivity (Wildman–Crippen MR) is 163 cm³/mol. The number of thiazole rings is 2. The van der Waals surface area contributed by atoms with E-state index in [1.165, 1.54) is 22.7 Å². The standard InChI is InChI=1S/C29H25N5O4S3/c35-25(32-27-31-22-7-1-2-8-23(22)40-27)20-6-3-5-18-12-15-34(17-21(18)20)28-33-26(38-29(36)37)24(41-28)9-4-16-39-19-10-13-30-14-11-19/h1-3,5-8,10-11,13-14H,4,9,12,15-17H2,(H,36,37)(H,31,32,35). The highest BCUT2D eigenvalue weighted by molar-refractivity contribution is 7.99. The lowest BCUT2D eigenvalue weighted by Crippen LogP contribution is -2.32. The van der Waals surface area contributed by atoms with E-state index in [0.717, 1.165) is 49.7 Å². The Bertz CT molecular complexity index is 1670. The maximum atomic E-state index is 13.4. The Labute approximate surface area is 248 Å². The van der Waals surface area contributed by atoms with E-state index in [2.05, 4.69) is 25.2 Å². The van der Waals surface area contributed by atoms with Gasteiger partial charge in [0.1, 0.15) is 0 Å². The van der Waals surface area contributed by atoms with Gasteiger partial charge in [-0.3, -0.25) is 15.1 Å². The number of benzene rings is 2. The van der Waals surface area contributed by atoms with Crippen molar-refractivity contribution in [3.8, 4) is 5.88 Å². The molecule has 1 aliphatic heterocycles.